The smallest absolute Gasteiger partial charge is 0.257 e. The molecule has 110 valence electrons. The van der Waals surface area contributed by atoms with Gasteiger partial charge in [0.05, 0.1) is 16.9 Å². The summed E-state index contributed by atoms with van der Waals surface area (Å²) in [7, 11) is 0. The highest BCUT2D eigenvalue weighted by Gasteiger charge is 2.21. The normalized spacial score (nSPS) is 15.8. The molecule has 1 aliphatic heterocycles. The van der Waals surface area contributed by atoms with Crippen LogP contribution in [-0.4, -0.2) is 46.8 Å². The molecule has 0 radical (unpaired) electrons. The van der Waals surface area contributed by atoms with Crippen LogP contribution in [0.1, 0.15) is 22.5 Å². The van der Waals surface area contributed by atoms with E-state index in [-0.39, 0.29) is 5.91 Å². The minimum Gasteiger partial charge on any atom is -0.337 e. The van der Waals surface area contributed by atoms with Gasteiger partial charge < -0.3 is 10.2 Å². The van der Waals surface area contributed by atoms with Crippen LogP contribution in [0, 0.1) is 6.92 Å². The molecular weight excluding hydrogens is 264 g/mol. The van der Waals surface area contributed by atoms with Gasteiger partial charge in [-0.2, -0.15) is 5.10 Å². The maximum absolute atomic E-state index is 12.7. The number of nitrogens with zero attached hydrogens (tertiary/aromatic N) is 3. The van der Waals surface area contributed by atoms with Gasteiger partial charge in [0.2, 0.25) is 0 Å². The standard InChI is InChI=1S/C16H20N4O/c1-13-15(16(21)19-10-5-8-17-9-11-19)12-20(18-13)14-6-3-2-4-7-14/h2-4,6-7,12,17H,5,8-11H2,1H3. The minimum atomic E-state index is 0.0818. The van der Waals surface area contributed by atoms with Gasteiger partial charge in [-0.25, -0.2) is 4.68 Å². The Labute approximate surface area is 124 Å². The van der Waals surface area contributed by atoms with Crippen molar-refractivity contribution in [3.63, 3.8) is 0 Å². The number of hydrogen-bond donors (Lipinski definition) is 1. The highest BCUT2D eigenvalue weighted by atomic mass is 16.2. The quantitative estimate of drug-likeness (QED) is 0.911. The highest BCUT2D eigenvalue weighted by molar-refractivity contribution is 5.95. The van der Waals surface area contributed by atoms with E-state index < -0.39 is 0 Å². The molecule has 2 heterocycles. The molecule has 0 saturated carbocycles. The van der Waals surface area contributed by atoms with Crippen LogP contribution in [-0.2, 0) is 0 Å². The van der Waals surface area contributed by atoms with E-state index in [0.717, 1.165) is 44.0 Å². The zero-order valence-electron chi connectivity index (χ0n) is 12.2. The largest absolute Gasteiger partial charge is 0.337 e. The summed E-state index contributed by atoms with van der Waals surface area (Å²) >= 11 is 0. The number of rotatable bonds is 2. The van der Waals surface area contributed by atoms with Crippen LogP contribution < -0.4 is 5.32 Å². The van der Waals surface area contributed by atoms with Gasteiger partial charge in [0.1, 0.15) is 0 Å². The van der Waals surface area contributed by atoms with Crippen molar-refractivity contribution in [3.05, 3.63) is 47.8 Å². The lowest BCUT2D eigenvalue weighted by Gasteiger charge is -2.19. The van der Waals surface area contributed by atoms with Gasteiger partial charge in [0.15, 0.2) is 0 Å². The number of hydrogen-bond acceptors (Lipinski definition) is 3. The van der Waals surface area contributed by atoms with Crippen molar-refractivity contribution in [3.8, 4) is 5.69 Å². The first-order chi connectivity index (χ1) is 10.3. The highest BCUT2D eigenvalue weighted by Crippen LogP contribution is 2.14. The molecule has 0 spiro atoms. The molecule has 1 aliphatic rings. The lowest BCUT2D eigenvalue weighted by Crippen LogP contribution is -2.34. The number of aromatic nitrogens is 2. The van der Waals surface area contributed by atoms with Gasteiger partial charge in [-0.05, 0) is 32.0 Å². The average Bonchev–Trinajstić information content (AvgIpc) is 2.74. The molecule has 0 aliphatic carbocycles. The summed E-state index contributed by atoms with van der Waals surface area (Å²) in [6.07, 6.45) is 2.84. The molecule has 5 heteroatoms. The van der Waals surface area contributed by atoms with Crippen LogP contribution in [0.25, 0.3) is 5.69 Å². The Kier molecular flexibility index (Phi) is 4.01. The molecule has 21 heavy (non-hydrogen) atoms. The van der Waals surface area contributed by atoms with Crippen molar-refractivity contribution in [1.82, 2.24) is 20.0 Å². The van der Waals surface area contributed by atoms with E-state index >= 15 is 0 Å². The molecule has 3 rings (SSSR count). The Morgan fingerprint density at radius 3 is 2.81 bits per heavy atom. The topological polar surface area (TPSA) is 50.2 Å². The number of benzene rings is 1. The first-order valence-electron chi connectivity index (χ1n) is 7.37. The zero-order valence-corrected chi connectivity index (χ0v) is 12.2. The van der Waals surface area contributed by atoms with E-state index in [9.17, 15) is 4.79 Å². The first-order valence-corrected chi connectivity index (χ1v) is 7.37. The number of carbonyl (C=O) groups is 1. The van der Waals surface area contributed by atoms with E-state index in [1.54, 1.807) is 4.68 Å². The lowest BCUT2D eigenvalue weighted by atomic mass is 10.2. The van der Waals surface area contributed by atoms with Crippen LogP contribution in [0.3, 0.4) is 0 Å². The fourth-order valence-corrected chi connectivity index (χ4v) is 2.60. The molecular formula is C16H20N4O. The summed E-state index contributed by atoms with van der Waals surface area (Å²) in [6.45, 7) is 5.29. The Bertz CT molecular complexity index is 612. The molecule has 1 fully saturated rings. The van der Waals surface area contributed by atoms with Gasteiger partial charge in [-0.15, -0.1) is 0 Å². The molecule has 2 aromatic rings. The number of aryl methyl sites for hydroxylation is 1. The number of amides is 1. The predicted molar refractivity (Wildman–Crippen MR) is 81.7 cm³/mol. The number of nitrogens with one attached hydrogen (secondary N) is 1. The summed E-state index contributed by atoms with van der Waals surface area (Å²) in [5.74, 6) is 0.0818. The molecule has 1 aromatic heterocycles. The number of carbonyl (C=O) groups excluding carboxylic acids is 1. The summed E-state index contributed by atoms with van der Waals surface area (Å²) in [6, 6.07) is 9.87. The second kappa shape index (κ2) is 6.10. The van der Waals surface area contributed by atoms with Crippen LogP contribution in [0.4, 0.5) is 0 Å². The molecule has 1 N–H and O–H groups in total. The fraction of sp³-hybridized carbons (Fsp3) is 0.375. The van der Waals surface area contributed by atoms with E-state index in [4.69, 9.17) is 0 Å². The maximum Gasteiger partial charge on any atom is 0.257 e. The Balaban J connectivity index is 1.85. The van der Waals surface area contributed by atoms with E-state index in [2.05, 4.69) is 10.4 Å². The van der Waals surface area contributed by atoms with Crippen molar-refractivity contribution in [2.45, 2.75) is 13.3 Å². The third-order valence-corrected chi connectivity index (χ3v) is 3.78. The molecule has 5 nitrogen and oxygen atoms in total. The Morgan fingerprint density at radius 2 is 2.00 bits per heavy atom. The summed E-state index contributed by atoms with van der Waals surface area (Å²) < 4.78 is 1.78. The van der Waals surface area contributed by atoms with Crippen molar-refractivity contribution in [2.75, 3.05) is 26.2 Å². The Hall–Kier alpha value is -2.14. The maximum atomic E-state index is 12.7. The SMILES string of the molecule is Cc1nn(-c2ccccc2)cc1C(=O)N1CCCNCC1. The van der Waals surface area contributed by atoms with E-state index in [1.165, 1.54) is 0 Å². The Morgan fingerprint density at radius 1 is 1.19 bits per heavy atom. The molecule has 0 bridgehead atoms. The second-order valence-corrected chi connectivity index (χ2v) is 5.30. The second-order valence-electron chi connectivity index (χ2n) is 5.30. The summed E-state index contributed by atoms with van der Waals surface area (Å²) in [5.41, 5.74) is 2.44. The van der Waals surface area contributed by atoms with Crippen molar-refractivity contribution >= 4 is 5.91 Å². The zero-order chi connectivity index (χ0) is 14.7. The molecule has 0 atom stereocenters. The minimum absolute atomic E-state index is 0.0818. The van der Waals surface area contributed by atoms with Gasteiger partial charge in [-0.1, -0.05) is 18.2 Å². The van der Waals surface area contributed by atoms with Crippen molar-refractivity contribution < 1.29 is 4.79 Å². The van der Waals surface area contributed by atoms with E-state index in [0.29, 0.717) is 5.56 Å². The lowest BCUT2D eigenvalue weighted by molar-refractivity contribution is 0.0765. The van der Waals surface area contributed by atoms with Crippen LogP contribution >= 0.6 is 0 Å². The van der Waals surface area contributed by atoms with Crippen LogP contribution in [0.15, 0.2) is 36.5 Å². The van der Waals surface area contributed by atoms with Gasteiger partial charge in [-0.3, -0.25) is 4.79 Å². The van der Waals surface area contributed by atoms with Crippen molar-refractivity contribution in [2.24, 2.45) is 0 Å². The third-order valence-electron chi connectivity index (χ3n) is 3.78. The number of para-hydroxylation sites is 1. The van der Waals surface area contributed by atoms with Gasteiger partial charge in [0.25, 0.3) is 5.91 Å². The molecule has 1 aromatic carbocycles. The van der Waals surface area contributed by atoms with Gasteiger partial charge >= 0.3 is 0 Å². The predicted octanol–water partition coefficient (Wildman–Crippen LogP) is 1.62. The van der Waals surface area contributed by atoms with Gasteiger partial charge in [0, 0.05) is 25.8 Å². The average molecular weight is 284 g/mol. The first kappa shape index (κ1) is 13.8. The molecule has 0 unspecified atom stereocenters. The van der Waals surface area contributed by atoms with E-state index in [1.807, 2.05) is 48.4 Å². The summed E-state index contributed by atoms with van der Waals surface area (Å²) in [5, 5.41) is 7.79. The monoisotopic (exact) mass is 284 g/mol. The fourth-order valence-electron chi connectivity index (χ4n) is 2.60. The van der Waals surface area contributed by atoms with Crippen molar-refractivity contribution in [1.29, 1.82) is 0 Å². The molecule has 1 saturated heterocycles. The summed E-state index contributed by atoms with van der Waals surface area (Å²) in [4.78, 5) is 14.6. The van der Waals surface area contributed by atoms with Crippen LogP contribution in [0.5, 0.6) is 0 Å². The molecule has 1 amide bonds. The third kappa shape index (κ3) is 2.97. The van der Waals surface area contributed by atoms with Crippen LogP contribution in [0.2, 0.25) is 0 Å².